The van der Waals surface area contributed by atoms with Crippen molar-refractivity contribution in [3.63, 3.8) is 0 Å². The number of ether oxygens (including phenoxy) is 1. The molecule has 162 valence electrons. The van der Waals surface area contributed by atoms with Crippen LogP contribution in [0.3, 0.4) is 0 Å². The number of methoxy groups -OCH3 is 1. The molecule has 0 aliphatic heterocycles. The van der Waals surface area contributed by atoms with Crippen molar-refractivity contribution in [2.24, 2.45) is 5.92 Å². The SMILES string of the molecule is COC(=O)C(Cc1ccc(O)cc1)NC(=O)c1nn(CC(C)C)c(=O)c2ccccc12. The van der Waals surface area contributed by atoms with Gasteiger partial charge in [0.1, 0.15) is 11.8 Å². The number of phenolic OH excluding ortho intramolecular Hbond substituents is 1. The molecule has 8 heteroatoms. The fourth-order valence-corrected chi connectivity index (χ4v) is 3.30. The van der Waals surface area contributed by atoms with Crippen LogP contribution in [-0.4, -0.2) is 39.9 Å². The van der Waals surface area contributed by atoms with Gasteiger partial charge in [0.25, 0.3) is 11.5 Å². The Kier molecular flexibility index (Phi) is 6.69. The first kappa shape index (κ1) is 22.0. The van der Waals surface area contributed by atoms with Crippen LogP contribution in [0.25, 0.3) is 10.8 Å². The van der Waals surface area contributed by atoms with Crippen molar-refractivity contribution >= 4 is 22.6 Å². The van der Waals surface area contributed by atoms with Gasteiger partial charge in [-0.05, 0) is 29.7 Å². The molecule has 2 N–H and O–H groups in total. The van der Waals surface area contributed by atoms with Crippen molar-refractivity contribution in [2.45, 2.75) is 32.9 Å². The number of rotatable bonds is 7. The Morgan fingerprint density at radius 1 is 1.10 bits per heavy atom. The lowest BCUT2D eigenvalue weighted by molar-refractivity contribution is -0.142. The number of hydrogen-bond donors (Lipinski definition) is 2. The van der Waals surface area contributed by atoms with Gasteiger partial charge in [-0.15, -0.1) is 0 Å². The van der Waals surface area contributed by atoms with E-state index in [4.69, 9.17) is 4.74 Å². The second kappa shape index (κ2) is 9.42. The number of amides is 1. The Bertz CT molecular complexity index is 1150. The van der Waals surface area contributed by atoms with Crippen LogP contribution in [0.1, 0.15) is 29.9 Å². The van der Waals surface area contributed by atoms with Gasteiger partial charge in [0, 0.05) is 18.4 Å². The number of hydrogen-bond acceptors (Lipinski definition) is 6. The molecule has 1 amide bonds. The summed E-state index contributed by atoms with van der Waals surface area (Å²) in [4.78, 5) is 38.2. The lowest BCUT2D eigenvalue weighted by atomic mass is 10.0. The highest BCUT2D eigenvalue weighted by atomic mass is 16.5. The number of nitrogens with zero attached hydrogens (tertiary/aromatic N) is 2. The van der Waals surface area contributed by atoms with Crippen LogP contribution in [0.2, 0.25) is 0 Å². The van der Waals surface area contributed by atoms with Crippen molar-refractivity contribution in [3.05, 3.63) is 70.1 Å². The second-order valence-electron chi connectivity index (χ2n) is 7.70. The molecule has 3 aromatic rings. The summed E-state index contributed by atoms with van der Waals surface area (Å²) >= 11 is 0. The Hall–Kier alpha value is -3.68. The molecule has 1 atom stereocenters. The molecule has 1 aromatic heterocycles. The maximum atomic E-state index is 13.1. The largest absolute Gasteiger partial charge is 0.508 e. The van der Waals surface area contributed by atoms with Crippen molar-refractivity contribution < 1.29 is 19.4 Å². The van der Waals surface area contributed by atoms with E-state index in [0.29, 0.717) is 17.3 Å². The highest BCUT2D eigenvalue weighted by molar-refractivity contribution is 6.05. The molecule has 31 heavy (non-hydrogen) atoms. The predicted octanol–water partition coefficient (Wildman–Crippen LogP) is 2.27. The van der Waals surface area contributed by atoms with Crippen LogP contribution in [0.4, 0.5) is 0 Å². The average Bonchev–Trinajstić information content (AvgIpc) is 2.75. The van der Waals surface area contributed by atoms with Crippen molar-refractivity contribution in [2.75, 3.05) is 7.11 Å². The van der Waals surface area contributed by atoms with E-state index in [1.807, 2.05) is 13.8 Å². The fraction of sp³-hybridized carbons (Fsp3) is 0.304. The molecule has 3 rings (SSSR count). The molecule has 0 spiro atoms. The van der Waals surface area contributed by atoms with Gasteiger partial charge in [-0.25, -0.2) is 9.48 Å². The summed E-state index contributed by atoms with van der Waals surface area (Å²) < 4.78 is 6.14. The van der Waals surface area contributed by atoms with Crippen LogP contribution in [-0.2, 0) is 22.5 Å². The maximum Gasteiger partial charge on any atom is 0.328 e. The van der Waals surface area contributed by atoms with E-state index in [9.17, 15) is 19.5 Å². The van der Waals surface area contributed by atoms with E-state index < -0.39 is 17.9 Å². The Balaban J connectivity index is 1.97. The number of aromatic nitrogens is 2. The van der Waals surface area contributed by atoms with E-state index in [1.54, 1.807) is 36.4 Å². The summed E-state index contributed by atoms with van der Waals surface area (Å²) in [5, 5.41) is 17.2. The first-order chi connectivity index (χ1) is 14.8. The van der Waals surface area contributed by atoms with Crippen LogP contribution in [0.5, 0.6) is 5.75 Å². The van der Waals surface area contributed by atoms with Gasteiger partial charge in [-0.2, -0.15) is 5.10 Å². The minimum Gasteiger partial charge on any atom is -0.508 e. The topological polar surface area (TPSA) is 111 Å². The van der Waals surface area contributed by atoms with E-state index in [0.717, 1.165) is 5.56 Å². The van der Waals surface area contributed by atoms with E-state index >= 15 is 0 Å². The number of esters is 1. The van der Waals surface area contributed by atoms with E-state index in [1.165, 1.54) is 23.9 Å². The van der Waals surface area contributed by atoms with Gasteiger partial charge in [-0.1, -0.05) is 44.2 Å². The number of carbonyl (C=O) groups is 2. The predicted molar refractivity (Wildman–Crippen MR) is 116 cm³/mol. The first-order valence-electron chi connectivity index (χ1n) is 9.96. The summed E-state index contributed by atoms with van der Waals surface area (Å²) in [6, 6.07) is 12.1. The zero-order valence-electron chi connectivity index (χ0n) is 17.7. The van der Waals surface area contributed by atoms with Crippen LogP contribution in [0.15, 0.2) is 53.3 Å². The average molecular weight is 423 g/mol. The lowest BCUT2D eigenvalue weighted by Crippen LogP contribution is -2.44. The summed E-state index contributed by atoms with van der Waals surface area (Å²) in [6.07, 6.45) is 0.169. The minimum absolute atomic E-state index is 0.0652. The Morgan fingerprint density at radius 2 is 1.74 bits per heavy atom. The third kappa shape index (κ3) is 5.09. The Labute approximate surface area is 179 Å². The number of nitrogens with one attached hydrogen (secondary N) is 1. The maximum absolute atomic E-state index is 13.1. The minimum atomic E-state index is -0.965. The molecule has 1 unspecified atom stereocenters. The molecule has 0 saturated heterocycles. The number of aromatic hydroxyl groups is 1. The Morgan fingerprint density at radius 3 is 2.35 bits per heavy atom. The molecular weight excluding hydrogens is 398 g/mol. The van der Waals surface area contributed by atoms with Gasteiger partial charge in [-0.3, -0.25) is 9.59 Å². The first-order valence-corrected chi connectivity index (χ1v) is 9.96. The van der Waals surface area contributed by atoms with Gasteiger partial charge >= 0.3 is 5.97 Å². The summed E-state index contributed by atoms with van der Waals surface area (Å²) in [5.41, 5.74) is 0.529. The van der Waals surface area contributed by atoms with Crippen LogP contribution in [0, 0.1) is 5.92 Å². The molecule has 0 aliphatic carbocycles. The lowest BCUT2D eigenvalue weighted by Gasteiger charge is -2.18. The molecule has 1 heterocycles. The normalized spacial score (nSPS) is 12.0. The summed E-state index contributed by atoms with van der Waals surface area (Å²) in [7, 11) is 1.24. The molecule has 2 aromatic carbocycles. The molecule has 0 fully saturated rings. The summed E-state index contributed by atoms with van der Waals surface area (Å²) in [5.74, 6) is -0.936. The standard InChI is InChI=1S/C23H25N3O5/c1-14(2)13-26-22(29)18-7-5-4-6-17(18)20(25-26)21(28)24-19(23(30)31-3)12-15-8-10-16(27)11-9-15/h4-11,14,19,27H,12-13H2,1-3H3,(H,24,28). The quantitative estimate of drug-likeness (QED) is 0.564. The third-order valence-corrected chi connectivity index (χ3v) is 4.79. The zero-order chi connectivity index (χ0) is 22.5. The highest BCUT2D eigenvalue weighted by Crippen LogP contribution is 2.16. The fourth-order valence-electron chi connectivity index (χ4n) is 3.30. The van der Waals surface area contributed by atoms with Gasteiger partial charge in [0.2, 0.25) is 0 Å². The van der Waals surface area contributed by atoms with Crippen LogP contribution >= 0.6 is 0 Å². The summed E-state index contributed by atoms with van der Waals surface area (Å²) in [6.45, 7) is 4.26. The van der Waals surface area contributed by atoms with Gasteiger partial charge in [0.05, 0.1) is 12.5 Å². The molecule has 0 aliphatic rings. The van der Waals surface area contributed by atoms with Gasteiger partial charge in [0.15, 0.2) is 5.69 Å². The zero-order valence-corrected chi connectivity index (χ0v) is 17.7. The molecule has 8 nitrogen and oxygen atoms in total. The monoisotopic (exact) mass is 423 g/mol. The van der Waals surface area contributed by atoms with E-state index in [-0.39, 0.29) is 29.3 Å². The smallest absolute Gasteiger partial charge is 0.328 e. The van der Waals surface area contributed by atoms with Crippen molar-refractivity contribution in [1.82, 2.24) is 15.1 Å². The van der Waals surface area contributed by atoms with Crippen LogP contribution < -0.4 is 10.9 Å². The number of carbonyl (C=O) groups excluding carboxylic acids is 2. The third-order valence-electron chi connectivity index (χ3n) is 4.79. The molecular formula is C23H25N3O5. The van der Waals surface area contributed by atoms with Crippen molar-refractivity contribution in [3.8, 4) is 5.75 Å². The van der Waals surface area contributed by atoms with Gasteiger partial charge < -0.3 is 15.2 Å². The second-order valence-corrected chi connectivity index (χ2v) is 7.70. The molecule has 0 radical (unpaired) electrons. The number of fused-ring (bicyclic) bond motifs is 1. The molecule has 0 saturated carbocycles. The highest BCUT2D eigenvalue weighted by Gasteiger charge is 2.25. The van der Waals surface area contributed by atoms with E-state index in [2.05, 4.69) is 10.4 Å². The number of phenols is 1. The van der Waals surface area contributed by atoms with Crippen molar-refractivity contribution in [1.29, 1.82) is 0 Å². The number of benzene rings is 2. The molecule has 0 bridgehead atoms.